The second kappa shape index (κ2) is 6.43. The second-order valence-electron chi connectivity index (χ2n) is 6.17. The van der Waals surface area contributed by atoms with Gasteiger partial charge in [-0.2, -0.15) is 18.2 Å². The van der Waals surface area contributed by atoms with Crippen molar-refractivity contribution >= 4 is 44.3 Å². The molecular weight excluding hydrogens is 444 g/mol. The molecule has 0 aliphatic carbocycles. The first kappa shape index (κ1) is 18.1. The maximum Gasteiger partial charge on any atom is 0.417 e. The van der Waals surface area contributed by atoms with Crippen LogP contribution in [0.1, 0.15) is 5.56 Å². The zero-order valence-electron chi connectivity index (χ0n) is 13.1. The molecule has 3 heterocycles. The molecule has 140 valence electrons. The largest absolute Gasteiger partial charge is 0.417 e. The molecule has 1 aromatic carbocycles. The number of ether oxygens (including phenoxy) is 1. The van der Waals surface area contributed by atoms with Crippen LogP contribution in [0, 0.1) is 5.82 Å². The molecule has 11 heteroatoms. The third-order valence-corrected chi connectivity index (χ3v) is 5.49. The topological polar surface area (TPSA) is 50.3 Å². The maximum absolute atomic E-state index is 14.7. The Morgan fingerprint density at radius 1 is 1.23 bits per heavy atom. The number of fused-ring (bicyclic) bond motifs is 3. The summed E-state index contributed by atoms with van der Waals surface area (Å²) in [4.78, 5) is 9.83. The molecule has 1 aromatic heterocycles. The quantitative estimate of drug-likeness (QED) is 0.528. The van der Waals surface area contributed by atoms with Gasteiger partial charge in [0.25, 0.3) is 0 Å². The van der Waals surface area contributed by atoms with Crippen LogP contribution in [0.5, 0.6) is 0 Å². The minimum atomic E-state index is -4.73. The van der Waals surface area contributed by atoms with Gasteiger partial charge < -0.3 is 15.0 Å². The number of anilines is 1. The van der Waals surface area contributed by atoms with E-state index in [9.17, 15) is 17.6 Å². The molecule has 5 nitrogen and oxygen atoms in total. The molecule has 2 aromatic rings. The average molecular weight is 456 g/mol. The Morgan fingerprint density at radius 3 is 2.50 bits per heavy atom. The van der Waals surface area contributed by atoms with Gasteiger partial charge in [0, 0.05) is 18.5 Å². The summed E-state index contributed by atoms with van der Waals surface area (Å²) in [6, 6.07) is 0.586. The maximum atomic E-state index is 14.7. The lowest BCUT2D eigenvalue weighted by Crippen LogP contribution is -2.64. The third kappa shape index (κ3) is 2.92. The number of rotatable bonds is 1. The summed E-state index contributed by atoms with van der Waals surface area (Å²) in [7, 11) is 0. The van der Waals surface area contributed by atoms with E-state index in [1.54, 1.807) is 0 Å². The van der Waals surface area contributed by atoms with Gasteiger partial charge in [0.05, 0.1) is 35.3 Å². The van der Waals surface area contributed by atoms with Gasteiger partial charge in [-0.3, -0.25) is 0 Å². The molecule has 4 rings (SSSR count). The van der Waals surface area contributed by atoms with Crippen molar-refractivity contribution in [3.63, 3.8) is 0 Å². The van der Waals surface area contributed by atoms with Crippen molar-refractivity contribution in [3.05, 3.63) is 27.2 Å². The Hall–Kier alpha value is -1.23. The number of hydrogen-bond acceptors (Lipinski definition) is 5. The van der Waals surface area contributed by atoms with Crippen molar-refractivity contribution in [1.82, 2.24) is 15.3 Å². The second-order valence-corrected chi connectivity index (χ2v) is 7.30. The van der Waals surface area contributed by atoms with Crippen molar-refractivity contribution in [2.45, 2.75) is 18.3 Å². The molecule has 2 aliphatic rings. The lowest BCUT2D eigenvalue weighted by Gasteiger charge is -2.47. The first-order chi connectivity index (χ1) is 12.3. The number of nitrogens with one attached hydrogen (secondary N) is 1. The van der Waals surface area contributed by atoms with Crippen LogP contribution in [0.4, 0.5) is 23.4 Å². The number of alkyl halides is 3. The van der Waals surface area contributed by atoms with Crippen LogP contribution in [0.15, 0.2) is 10.5 Å². The number of morpholine rings is 1. The van der Waals surface area contributed by atoms with Crippen LogP contribution >= 0.6 is 27.5 Å². The standard InChI is InChI=1S/C15H12BrClF4N4O/c16-10-9(15(19,20)21)1-8-12(11(10)18)23-14(17)24-13(8)25-6-2-22-3-7(25)5-26-4-6/h1,6-7,22H,2-5H2. The number of hydrogen-bond donors (Lipinski definition) is 1. The molecule has 1 N–H and O–H groups in total. The Bertz CT molecular complexity index is 859. The van der Waals surface area contributed by atoms with Gasteiger partial charge in [0.2, 0.25) is 5.28 Å². The van der Waals surface area contributed by atoms with E-state index in [0.717, 1.165) is 6.07 Å². The molecule has 0 amide bonds. The van der Waals surface area contributed by atoms with E-state index in [1.807, 2.05) is 4.90 Å². The smallest absolute Gasteiger partial charge is 0.377 e. The fraction of sp³-hybridized carbons (Fsp3) is 0.467. The SMILES string of the molecule is Fc1c(Br)c(C(F)(F)F)cc2c(N3C4CNCC3COC4)nc(Cl)nc12. The fourth-order valence-corrected chi connectivity index (χ4v) is 4.13. The van der Waals surface area contributed by atoms with Crippen LogP contribution in [-0.2, 0) is 10.9 Å². The van der Waals surface area contributed by atoms with E-state index in [0.29, 0.717) is 26.3 Å². The predicted octanol–water partition coefficient (Wildman–Crippen LogP) is 3.38. The van der Waals surface area contributed by atoms with E-state index in [-0.39, 0.29) is 34.1 Å². The van der Waals surface area contributed by atoms with Crippen molar-refractivity contribution < 1.29 is 22.3 Å². The summed E-state index contributed by atoms with van der Waals surface area (Å²) in [5.41, 5.74) is -1.37. The molecule has 0 spiro atoms. The first-order valence-electron chi connectivity index (χ1n) is 7.76. The number of piperazine rings is 1. The van der Waals surface area contributed by atoms with Gasteiger partial charge in [-0.25, -0.2) is 9.37 Å². The van der Waals surface area contributed by atoms with Crippen LogP contribution in [-0.4, -0.2) is 48.4 Å². The molecule has 2 saturated heterocycles. The van der Waals surface area contributed by atoms with Gasteiger partial charge in [-0.15, -0.1) is 0 Å². The van der Waals surface area contributed by atoms with Gasteiger partial charge in [-0.05, 0) is 33.6 Å². The Balaban J connectivity index is 1.99. The van der Waals surface area contributed by atoms with Gasteiger partial charge in [0.1, 0.15) is 11.3 Å². The van der Waals surface area contributed by atoms with Crippen molar-refractivity contribution in [1.29, 1.82) is 0 Å². The molecule has 2 atom stereocenters. The fourth-order valence-electron chi connectivity index (χ4n) is 3.44. The number of halogens is 6. The summed E-state index contributed by atoms with van der Waals surface area (Å²) < 4.78 is 59.5. The third-order valence-electron chi connectivity index (χ3n) is 4.54. The summed E-state index contributed by atoms with van der Waals surface area (Å²) in [5, 5.41) is 2.99. The Kier molecular flexibility index (Phi) is 4.49. The highest BCUT2D eigenvalue weighted by Crippen LogP contribution is 2.42. The highest BCUT2D eigenvalue weighted by Gasteiger charge is 2.39. The lowest BCUT2D eigenvalue weighted by molar-refractivity contribution is -0.138. The number of benzene rings is 1. The summed E-state index contributed by atoms with van der Waals surface area (Å²) in [5.74, 6) is -0.923. The monoisotopic (exact) mass is 454 g/mol. The highest BCUT2D eigenvalue weighted by atomic mass is 79.9. The molecule has 0 saturated carbocycles. The minimum Gasteiger partial charge on any atom is -0.377 e. The Morgan fingerprint density at radius 2 is 1.88 bits per heavy atom. The zero-order valence-corrected chi connectivity index (χ0v) is 15.4. The van der Waals surface area contributed by atoms with E-state index < -0.39 is 22.0 Å². The van der Waals surface area contributed by atoms with Crippen molar-refractivity contribution in [2.24, 2.45) is 0 Å². The van der Waals surface area contributed by atoms with Gasteiger partial charge >= 0.3 is 6.18 Å². The van der Waals surface area contributed by atoms with Crippen LogP contribution in [0.2, 0.25) is 5.28 Å². The van der Waals surface area contributed by atoms with E-state index in [4.69, 9.17) is 16.3 Å². The van der Waals surface area contributed by atoms with Gasteiger partial charge in [-0.1, -0.05) is 0 Å². The molecule has 2 unspecified atom stereocenters. The molecule has 0 radical (unpaired) electrons. The van der Waals surface area contributed by atoms with Crippen LogP contribution in [0.3, 0.4) is 0 Å². The highest BCUT2D eigenvalue weighted by molar-refractivity contribution is 9.10. The first-order valence-corrected chi connectivity index (χ1v) is 8.93. The Labute approximate surface area is 158 Å². The lowest BCUT2D eigenvalue weighted by atomic mass is 10.0. The summed E-state index contributed by atoms with van der Waals surface area (Å²) in [6.07, 6.45) is -4.73. The molecular formula is C15H12BrClF4N4O. The average Bonchev–Trinajstić information content (AvgIpc) is 2.56. The van der Waals surface area contributed by atoms with E-state index in [1.165, 1.54) is 0 Å². The number of nitrogens with zero attached hydrogens (tertiary/aromatic N) is 3. The van der Waals surface area contributed by atoms with Crippen molar-refractivity contribution in [3.8, 4) is 0 Å². The zero-order chi connectivity index (χ0) is 18.6. The summed E-state index contributed by atoms with van der Waals surface area (Å²) >= 11 is 8.64. The molecule has 2 aliphatic heterocycles. The van der Waals surface area contributed by atoms with E-state index in [2.05, 4.69) is 31.2 Å². The molecule has 2 fully saturated rings. The summed E-state index contributed by atoms with van der Waals surface area (Å²) in [6.45, 7) is 1.92. The van der Waals surface area contributed by atoms with Crippen LogP contribution < -0.4 is 10.2 Å². The molecule has 2 bridgehead atoms. The van der Waals surface area contributed by atoms with Crippen LogP contribution in [0.25, 0.3) is 10.9 Å². The minimum absolute atomic E-state index is 0.0266. The number of aromatic nitrogens is 2. The molecule has 26 heavy (non-hydrogen) atoms. The van der Waals surface area contributed by atoms with Gasteiger partial charge in [0.15, 0.2) is 5.82 Å². The van der Waals surface area contributed by atoms with E-state index >= 15 is 0 Å². The normalized spacial score (nSPS) is 23.5. The predicted molar refractivity (Wildman–Crippen MR) is 91.0 cm³/mol. The van der Waals surface area contributed by atoms with Crippen molar-refractivity contribution in [2.75, 3.05) is 31.2 Å².